The maximum atomic E-state index is 10.8. The van der Waals surface area contributed by atoms with Crippen LogP contribution in [0.5, 0.6) is 11.5 Å². The monoisotopic (exact) mass is 244 g/mol. The van der Waals surface area contributed by atoms with Crippen molar-refractivity contribution in [3.05, 3.63) is 30.9 Å². The largest absolute Gasteiger partial charge is 0.503 e. The van der Waals surface area contributed by atoms with Crippen LogP contribution < -0.4 is 4.74 Å². The topological polar surface area (TPSA) is 101 Å². The first kappa shape index (κ1) is 12.2. The summed E-state index contributed by atoms with van der Waals surface area (Å²) in [4.78, 5) is 10.1. The summed E-state index contributed by atoms with van der Waals surface area (Å²) in [7, 11) is -4.57. The van der Waals surface area contributed by atoms with Crippen molar-refractivity contribution >= 4 is 16.1 Å². The van der Waals surface area contributed by atoms with Crippen LogP contribution in [0.3, 0.4) is 0 Å². The van der Waals surface area contributed by atoms with E-state index in [1.807, 2.05) is 0 Å². The first-order valence-corrected chi connectivity index (χ1v) is 5.44. The lowest BCUT2D eigenvalue weighted by Gasteiger charge is -2.06. The van der Waals surface area contributed by atoms with Gasteiger partial charge in [0.15, 0.2) is 11.5 Å². The van der Waals surface area contributed by atoms with Gasteiger partial charge in [-0.25, -0.2) is 4.79 Å². The van der Waals surface area contributed by atoms with Gasteiger partial charge in [-0.05, 0) is 12.1 Å². The highest BCUT2D eigenvalue weighted by Gasteiger charge is 2.19. The Bertz CT molecular complexity index is 531. The van der Waals surface area contributed by atoms with E-state index >= 15 is 0 Å². The van der Waals surface area contributed by atoms with Crippen molar-refractivity contribution in [2.45, 2.75) is 4.90 Å². The third kappa shape index (κ3) is 2.59. The number of carbonyl (C=O) groups is 1. The molecular weight excluding hydrogens is 236 g/mol. The standard InChI is InChI=1S/C9H8O6S/c1-2-8(10)15-6-4-3-5-7(9(6)11)16(12,13)14/h2-5,11H,1H2,(H,12,13,14). The Hall–Kier alpha value is -1.86. The van der Waals surface area contributed by atoms with Gasteiger partial charge >= 0.3 is 5.97 Å². The zero-order valence-corrected chi connectivity index (χ0v) is 8.77. The van der Waals surface area contributed by atoms with Gasteiger partial charge in [-0.1, -0.05) is 12.6 Å². The molecule has 0 aromatic heterocycles. The number of benzene rings is 1. The Morgan fingerprint density at radius 2 is 2.06 bits per heavy atom. The molecule has 0 bridgehead atoms. The van der Waals surface area contributed by atoms with E-state index in [9.17, 15) is 18.3 Å². The fourth-order valence-electron chi connectivity index (χ4n) is 0.943. The Balaban J connectivity index is 3.24. The van der Waals surface area contributed by atoms with E-state index in [0.29, 0.717) is 0 Å². The summed E-state index contributed by atoms with van der Waals surface area (Å²) < 4.78 is 34.9. The molecule has 6 nitrogen and oxygen atoms in total. The molecule has 0 atom stereocenters. The van der Waals surface area contributed by atoms with Gasteiger partial charge < -0.3 is 9.84 Å². The highest BCUT2D eigenvalue weighted by Crippen LogP contribution is 2.32. The van der Waals surface area contributed by atoms with Gasteiger partial charge in [0.05, 0.1) is 0 Å². The highest BCUT2D eigenvalue weighted by molar-refractivity contribution is 7.86. The summed E-state index contributed by atoms with van der Waals surface area (Å²) in [5, 5.41) is 9.42. The molecule has 86 valence electrons. The molecule has 0 radical (unpaired) electrons. The molecule has 0 aliphatic rings. The summed E-state index contributed by atoms with van der Waals surface area (Å²) in [6, 6.07) is 3.34. The lowest BCUT2D eigenvalue weighted by molar-refractivity contribution is -0.129. The second-order valence-corrected chi connectivity index (χ2v) is 4.09. The first-order chi connectivity index (χ1) is 7.36. The summed E-state index contributed by atoms with van der Waals surface area (Å²) in [6.07, 6.45) is 0.847. The van der Waals surface area contributed by atoms with Gasteiger partial charge in [0.2, 0.25) is 0 Å². The average Bonchev–Trinajstić information content (AvgIpc) is 2.19. The SMILES string of the molecule is C=CC(=O)Oc1cccc(S(=O)(=O)O)c1O. The molecule has 0 heterocycles. The van der Waals surface area contributed by atoms with Gasteiger partial charge in [-0.2, -0.15) is 8.42 Å². The minimum atomic E-state index is -4.57. The molecule has 0 saturated carbocycles. The average molecular weight is 244 g/mol. The van der Waals surface area contributed by atoms with Crippen LogP contribution in [0.25, 0.3) is 0 Å². The summed E-state index contributed by atoms with van der Waals surface area (Å²) in [5.41, 5.74) is 0. The quantitative estimate of drug-likeness (QED) is 0.352. The maximum absolute atomic E-state index is 10.8. The number of esters is 1. The third-order valence-electron chi connectivity index (χ3n) is 1.62. The molecule has 0 aliphatic carbocycles. The number of aromatic hydroxyl groups is 1. The number of hydrogen-bond donors (Lipinski definition) is 2. The van der Waals surface area contributed by atoms with Gasteiger partial charge in [0.1, 0.15) is 4.90 Å². The lowest BCUT2D eigenvalue weighted by atomic mass is 10.3. The molecule has 0 fully saturated rings. The molecule has 0 saturated heterocycles. The molecule has 16 heavy (non-hydrogen) atoms. The van der Waals surface area contributed by atoms with Crippen LogP contribution in [0.4, 0.5) is 0 Å². The number of ether oxygens (including phenoxy) is 1. The van der Waals surface area contributed by atoms with Crippen molar-refractivity contribution in [1.82, 2.24) is 0 Å². The van der Waals surface area contributed by atoms with Gasteiger partial charge in [0, 0.05) is 6.08 Å². The number of hydrogen-bond acceptors (Lipinski definition) is 5. The second-order valence-electron chi connectivity index (χ2n) is 2.70. The molecule has 0 aliphatic heterocycles. The Kier molecular flexibility index (Phi) is 3.31. The molecule has 1 aromatic carbocycles. The van der Waals surface area contributed by atoms with Crippen LogP contribution in [0.1, 0.15) is 0 Å². The van der Waals surface area contributed by atoms with Crippen molar-refractivity contribution in [2.24, 2.45) is 0 Å². The normalized spacial score (nSPS) is 10.8. The summed E-state index contributed by atoms with van der Waals surface area (Å²) in [5.74, 6) is -2.07. The van der Waals surface area contributed by atoms with Gasteiger partial charge in [-0.15, -0.1) is 0 Å². The summed E-state index contributed by atoms with van der Waals surface area (Å²) >= 11 is 0. The molecule has 1 aromatic rings. The fraction of sp³-hybridized carbons (Fsp3) is 0. The molecule has 1 rings (SSSR count). The molecule has 0 amide bonds. The summed E-state index contributed by atoms with van der Waals surface area (Å²) in [6.45, 7) is 3.13. The molecule has 0 spiro atoms. The van der Waals surface area contributed by atoms with Crippen molar-refractivity contribution in [3.63, 3.8) is 0 Å². The van der Waals surface area contributed by atoms with E-state index in [1.54, 1.807) is 0 Å². The van der Waals surface area contributed by atoms with E-state index in [0.717, 1.165) is 12.1 Å². The molecule has 2 N–H and O–H groups in total. The number of rotatable bonds is 3. The maximum Gasteiger partial charge on any atom is 0.335 e. The van der Waals surface area contributed by atoms with Crippen LogP contribution in [-0.2, 0) is 14.9 Å². The molecular formula is C9H8O6S. The van der Waals surface area contributed by atoms with Crippen molar-refractivity contribution in [3.8, 4) is 11.5 Å². The van der Waals surface area contributed by atoms with Crippen LogP contribution in [0.2, 0.25) is 0 Å². The van der Waals surface area contributed by atoms with Crippen molar-refractivity contribution in [1.29, 1.82) is 0 Å². The fourth-order valence-corrected chi connectivity index (χ4v) is 1.54. The van der Waals surface area contributed by atoms with Gasteiger partial charge in [0.25, 0.3) is 10.1 Å². The number of para-hydroxylation sites is 1. The van der Waals surface area contributed by atoms with E-state index in [1.165, 1.54) is 12.1 Å². The zero-order chi connectivity index (χ0) is 12.3. The van der Waals surface area contributed by atoms with E-state index in [4.69, 9.17) is 4.55 Å². The minimum absolute atomic E-state index is 0.375. The van der Waals surface area contributed by atoms with E-state index in [-0.39, 0.29) is 5.75 Å². The van der Waals surface area contributed by atoms with Crippen LogP contribution in [-0.4, -0.2) is 24.0 Å². The second kappa shape index (κ2) is 4.33. The predicted octanol–water partition coefficient (Wildman–Crippen LogP) is 0.730. The lowest BCUT2D eigenvalue weighted by Crippen LogP contribution is -2.05. The van der Waals surface area contributed by atoms with Gasteiger partial charge in [-0.3, -0.25) is 4.55 Å². The molecule has 0 unspecified atom stereocenters. The Morgan fingerprint density at radius 3 is 2.56 bits per heavy atom. The van der Waals surface area contributed by atoms with Crippen molar-refractivity contribution in [2.75, 3.05) is 0 Å². The predicted molar refractivity (Wildman–Crippen MR) is 53.8 cm³/mol. The van der Waals surface area contributed by atoms with Crippen LogP contribution >= 0.6 is 0 Å². The third-order valence-corrected chi connectivity index (χ3v) is 2.50. The molecule has 7 heteroatoms. The zero-order valence-electron chi connectivity index (χ0n) is 7.95. The van der Waals surface area contributed by atoms with Crippen LogP contribution in [0.15, 0.2) is 35.7 Å². The van der Waals surface area contributed by atoms with E-state index in [2.05, 4.69) is 11.3 Å². The number of carbonyl (C=O) groups excluding carboxylic acids is 1. The Morgan fingerprint density at radius 1 is 1.44 bits per heavy atom. The smallest absolute Gasteiger partial charge is 0.335 e. The minimum Gasteiger partial charge on any atom is -0.503 e. The number of phenols is 1. The van der Waals surface area contributed by atoms with Crippen molar-refractivity contribution < 1.29 is 27.6 Å². The van der Waals surface area contributed by atoms with Crippen LogP contribution in [0, 0.1) is 0 Å². The highest BCUT2D eigenvalue weighted by atomic mass is 32.2. The first-order valence-electron chi connectivity index (χ1n) is 4.00. The van der Waals surface area contributed by atoms with E-state index < -0.39 is 26.7 Å². The Labute approximate surface area is 91.5 Å². The number of phenolic OH excluding ortho intramolecular Hbond substituents is 1.